The topological polar surface area (TPSA) is 44.8 Å². The van der Waals surface area contributed by atoms with Crippen molar-refractivity contribution in [1.82, 2.24) is 15.1 Å². The zero-order valence-electron chi connectivity index (χ0n) is 13.7. The summed E-state index contributed by atoms with van der Waals surface area (Å²) < 4.78 is 5.40. The molecule has 1 rings (SSSR count). The van der Waals surface area contributed by atoms with E-state index in [0.29, 0.717) is 6.04 Å². The number of carbonyl (C=O) groups is 1. The van der Waals surface area contributed by atoms with Gasteiger partial charge in [-0.25, -0.2) is 4.79 Å². The number of nitrogens with zero attached hydrogens (tertiary/aromatic N) is 2. The van der Waals surface area contributed by atoms with Crippen LogP contribution in [0.4, 0.5) is 4.79 Å². The van der Waals surface area contributed by atoms with E-state index in [1.54, 1.807) is 0 Å². The van der Waals surface area contributed by atoms with Crippen LogP contribution in [-0.4, -0.2) is 66.8 Å². The molecule has 0 radical (unpaired) electrons. The Bertz CT molecular complexity index is 294. The molecule has 0 aliphatic carbocycles. The molecule has 20 heavy (non-hydrogen) atoms. The minimum absolute atomic E-state index is 0.185. The molecule has 118 valence electrons. The largest absolute Gasteiger partial charge is 0.444 e. The van der Waals surface area contributed by atoms with E-state index < -0.39 is 5.60 Å². The van der Waals surface area contributed by atoms with Crippen molar-refractivity contribution in [2.45, 2.75) is 52.7 Å². The second kappa shape index (κ2) is 7.84. The third kappa shape index (κ3) is 6.57. The highest BCUT2D eigenvalue weighted by Gasteiger charge is 2.25. The van der Waals surface area contributed by atoms with Crippen LogP contribution in [0.15, 0.2) is 0 Å². The smallest absolute Gasteiger partial charge is 0.410 e. The van der Waals surface area contributed by atoms with Crippen molar-refractivity contribution in [2.75, 3.05) is 39.3 Å². The molecule has 1 unspecified atom stereocenters. The monoisotopic (exact) mass is 285 g/mol. The molecular formula is C15H31N3O2. The lowest BCUT2D eigenvalue weighted by Gasteiger charge is -2.35. The molecule has 1 aliphatic heterocycles. The zero-order chi connectivity index (χ0) is 15.2. The van der Waals surface area contributed by atoms with Crippen LogP contribution in [0.25, 0.3) is 0 Å². The molecule has 0 saturated carbocycles. The van der Waals surface area contributed by atoms with E-state index in [1.807, 2.05) is 25.7 Å². The summed E-state index contributed by atoms with van der Waals surface area (Å²) >= 11 is 0. The predicted octanol–water partition coefficient (Wildman–Crippen LogP) is 1.93. The van der Waals surface area contributed by atoms with Crippen molar-refractivity contribution in [3.63, 3.8) is 0 Å². The number of piperazine rings is 1. The molecule has 0 aromatic heterocycles. The fourth-order valence-corrected chi connectivity index (χ4v) is 2.09. The lowest BCUT2D eigenvalue weighted by Crippen LogP contribution is -2.51. The molecule has 1 saturated heterocycles. The molecule has 5 heteroatoms. The highest BCUT2D eigenvalue weighted by molar-refractivity contribution is 5.68. The Morgan fingerprint density at radius 2 is 1.85 bits per heavy atom. The molecular weight excluding hydrogens is 254 g/mol. The Hall–Kier alpha value is -0.810. The fourth-order valence-electron chi connectivity index (χ4n) is 2.09. The van der Waals surface area contributed by atoms with Gasteiger partial charge in [-0.1, -0.05) is 6.92 Å². The lowest BCUT2D eigenvalue weighted by atomic mass is 10.2. The van der Waals surface area contributed by atoms with E-state index in [2.05, 4.69) is 24.1 Å². The summed E-state index contributed by atoms with van der Waals surface area (Å²) in [6, 6.07) is 0.582. The second-order valence-corrected chi connectivity index (χ2v) is 6.57. The summed E-state index contributed by atoms with van der Waals surface area (Å²) in [5.74, 6) is 0. The summed E-state index contributed by atoms with van der Waals surface area (Å²) in [6.07, 6.45) is 0.974. The van der Waals surface area contributed by atoms with Gasteiger partial charge in [-0.05, 0) is 34.1 Å². The van der Waals surface area contributed by atoms with E-state index in [0.717, 1.165) is 45.7 Å². The van der Waals surface area contributed by atoms with Crippen molar-refractivity contribution in [3.05, 3.63) is 0 Å². The Labute approximate surface area is 123 Å². The summed E-state index contributed by atoms with van der Waals surface area (Å²) in [7, 11) is 0. The van der Waals surface area contributed by atoms with E-state index in [-0.39, 0.29) is 6.09 Å². The quantitative estimate of drug-likeness (QED) is 0.838. The van der Waals surface area contributed by atoms with Crippen LogP contribution < -0.4 is 5.32 Å². The molecule has 1 heterocycles. The van der Waals surface area contributed by atoms with Gasteiger partial charge in [0.25, 0.3) is 0 Å². The molecule has 1 atom stereocenters. The summed E-state index contributed by atoms with van der Waals surface area (Å²) in [6.45, 7) is 15.6. The lowest BCUT2D eigenvalue weighted by molar-refractivity contribution is 0.0146. The Morgan fingerprint density at radius 1 is 1.25 bits per heavy atom. The van der Waals surface area contributed by atoms with E-state index >= 15 is 0 Å². The van der Waals surface area contributed by atoms with Crippen LogP contribution in [0.5, 0.6) is 0 Å². The first-order valence-corrected chi connectivity index (χ1v) is 7.75. The van der Waals surface area contributed by atoms with Gasteiger partial charge in [0.2, 0.25) is 0 Å². The molecule has 0 bridgehead atoms. The number of hydrogen-bond donors (Lipinski definition) is 1. The number of ether oxygens (including phenoxy) is 1. The first-order chi connectivity index (χ1) is 9.31. The van der Waals surface area contributed by atoms with Gasteiger partial charge in [0.15, 0.2) is 0 Å². The SMILES string of the molecule is CCC(C)NCCN1CCN(C(=O)OC(C)(C)C)CC1. The fraction of sp³-hybridized carbons (Fsp3) is 0.933. The standard InChI is InChI=1S/C15H31N3O2/c1-6-13(2)16-7-8-17-9-11-18(12-10-17)14(19)20-15(3,4)5/h13,16H,6-12H2,1-5H3. The van der Waals surface area contributed by atoms with Gasteiger partial charge in [-0.15, -0.1) is 0 Å². The minimum Gasteiger partial charge on any atom is -0.444 e. The van der Waals surface area contributed by atoms with Crippen LogP contribution in [0, 0.1) is 0 Å². The van der Waals surface area contributed by atoms with Gasteiger partial charge in [-0.2, -0.15) is 0 Å². The minimum atomic E-state index is -0.408. The normalized spacial score (nSPS) is 18.9. The Morgan fingerprint density at radius 3 is 2.35 bits per heavy atom. The van der Waals surface area contributed by atoms with Crippen LogP contribution >= 0.6 is 0 Å². The summed E-state index contributed by atoms with van der Waals surface area (Å²) in [4.78, 5) is 16.1. The average Bonchev–Trinajstić information content (AvgIpc) is 2.37. The molecule has 1 N–H and O–H groups in total. The van der Waals surface area contributed by atoms with Gasteiger partial charge < -0.3 is 15.0 Å². The number of rotatable bonds is 5. The average molecular weight is 285 g/mol. The maximum Gasteiger partial charge on any atom is 0.410 e. The number of carbonyl (C=O) groups excluding carboxylic acids is 1. The summed E-state index contributed by atoms with van der Waals surface area (Å²) in [5, 5.41) is 3.50. The molecule has 5 nitrogen and oxygen atoms in total. The van der Waals surface area contributed by atoms with Crippen LogP contribution in [0.3, 0.4) is 0 Å². The maximum atomic E-state index is 11.9. The van der Waals surface area contributed by atoms with Crippen molar-refractivity contribution in [1.29, 1.82) is 0 Å². The van der Waals surface area contributed by atoms with Gasteiger partial charge >= 0.3 is 6.09 Å². The van der Waals surface area contributed by atoms with Crippen molar-refractivity contribution in [3.8, 4) is 0 Å². The van der Waals surface area contributed by atoms with E-state index in [4.69, 9.17) is 4.74 Å². The number of hydrogen-bond acceptors (Lipinski definition) is 4. The Balaban J connectivity index is 2.21. The van der Waals surface area contributed by atoms with E-state index in [1.165, 1.54) is 0 Å². The molecule has 1 aliphatic rings. The molecule has 0 aromatic rings. The third-order valence-electron chi connectivity index (χ3n) is 3.56. The van der Waals surface area contributed by atoms with Crippen molar-refractivity contribution >= 4 is 6.09 Å². The number of nitrogens with one attached hydrogen (secondary N) is 1. The van der Waals surface area contributed by atoms with Gasteiger partial charge in [0, 0.05) is 45.3 Å². The number of amides is 1. The van der Waals surface area contributed by atoms with Crippen molar-refractivity contribution in [2.24, 2.45) is 0 Å². The first kappa shape index (κ1) is 17.2. The van der Waals surface area contributed by atoms with Crippen molar-refractivity contribution < 1.29 is 9.53 Å². The molecule has 0 spiro atoms. The highest BCUT2D eigenvalue weighted by Crippen LogP contribution is 2.11. The van der Waals surface area contributed by atoms with Gasteiger partial charge in [-0.3, -0.25) is 4.90 Å². The highest BCUT2D eigenvalue weighted by atomic mass is 16.6. The molecule has 0 aromatic carbocycles. The van der Waals surface area contributed by atoms with E-state index in [9.17, 15) is 4.79 Å². The third-order valence-corrected chi connectivity index (χ3v) is 3.56. The maximum absolute atomic E-state index is 11.9. The second-order valence-electron chi connectivity index (χ2n) is 6.57. The van der Waals surface area contributed by atoms with Crippen LogP contribution in [0.2, 0.25) is 0 Å². The van der Waals surface area contributed by atoms with Crippen LogP contribution in [0.1, 0.15) is 41.0 Å². The Kier molecular flexibility index (Phi) is 6.76. The summed E-state index contributed by atoms with van der Waals surface area (Å²) in [5.41, 5.74) is -0.408. The van der Waals surface area contributed by atoms with Gasteiger partial charge in [0.05, 0.1) is 0 Å². The van der Waals surface area contributed by atoms with Crippen LogP contribution in [-0.2, 0) is 4.74 Å². The van der Waals surface area contributed by atoms with Gasteiger partial charge in [0.1, 0.15) is 5.60 Å². The predicted molar refractivity (Wildman–Crippen MR) is 82.0 cm³/mol. The zero-order valence-corrected chi connectivity index (χ0v) is 13.7. The molecule has 1 amide bonds. The molecule has 1 fully saturated rings. The first-order valence-electron chi connectivity index (χ1n) is 7.75.